The molecular formula is C26H32FNO6. The first-order chi connectivity index (χ1) is 16.4. The van der Waals surface area contributed by atoms with Gasteiger partial charge in [0.15, 0.2) is 11.6 Å². The lowest BCUT2D eigenvalue weighted by Gasteiger charge is -2.35. The number of methoxy groups -OCH3 is 1. The van der Waals surface area contributed by atoms with Gasteiger partial charge in [-0.2, -0.15) is 0 Å². The summed E-state index contributed by atoms with van der Waals surface area (Å²) in [6.07, 6.45) is 2.95. The second-order valence-corrected chi connectivity index (χ2v) is 8.83. The topological polar surface area (TPSA) is 86.3 Å². The van der Waals surface area contributed by atoms with Crippen LogP contribution < -0.4 is 14.8 Å². The molecule has 0 bridgehead atoms. The van der Waals surface area contributed by atoms with Gasteiger partial charge in [0, 0.05) is 42.9 Å². The van der Waals surface area contributed by atoms with Gasteiger partial charge < -0.3 is 29.4 Å². The molecule has 1 aliphatic heterocycles. The monoisotopic (exact) mass is 473 g/mol. The Hall–Kier alpha value is -2.84. The quantitative estimate of drug-likeness (QED) is 0.506. The molecule has 2 aliphatic rings. The molecule has 0 amide bonds. The van der Waals surface area contributed by atoms with E-state index in [0.717, 1.165) is 18.4 Å². The highest BCUT2D eigenvalue weighted by Gasteiger charge is 2.40. The highest BCUT2D eigenvalue weighted by atomic mass is 19.1. The predicted octanol–water partition coefficient (Wildman–Crippen LogP) is 4.93. The molecule has 0 spiro atoms. The molecule has 1 saturated carbocycles. The summed E-state index contributed by atoms with van der Waals surface area (Å²) in [5.41, 5.74) is 1.91. The fourth-order valence-electron chi connectivity index (χ4n) is 4.31. The number of aliphatic carboxylic acids is 1. The van der Waals surface area contributed by atoms with Crippen molar-refractivity contribution < 1.29 is 33.2 Å². The largest absolute Gasteiger partial charge is 0.496 e. The van der Waals surface area contributed by atoms with Crippen molar-refractivity contribution in [1.82, 2.24) is 0 Å². The molecule has 184 valence electrons. The number of halogens is 1. The van der Waals surface area contributed by atoms with Crippen LogP contribution in [0.4, 0.5) is 10.1 Å². The fraction of sp³-hybridized carbons (Fsp3) is 0.500. The highest BCUT2D eigenvalue weighted by molar-refractivity contribution is 5.83. The molecule has 8 heteroatoms. The van der Waals surface area contributed by atoms with E-state index in [2.05, 4.69) is 5.32 Å². The molecule has 0 unspecified atom stereocenters. The first kappa shape index (κ1) is 24.3. The van der Waals surface area contributed by atoms with Gasteiger partial charge in [-0.15, -0.1) is 0 Å². The zero-order chi connectivity index (χ0) is 24.3. The third kappa shape index (κ3) is 4.98. The van der Waals surface area contributed by atoms with E-state index in [1.807, 2.05) is 13.0 Å². The SMILES string of the molecule is CCOc1c(C)c(OC)cc(-c2ccc(NC3(C(=O)O)CCOCC3)cc2COC2CC2)c1F. The summed E-state index contributed by atoms with van der Waals surface area (Å²) in [6, 6.07) is 7.10. The van der Waals surface area contributed by atoms with Gasteiger partial charge in [0.1, 0.15) is 11.3 Å². The third-order valence-electron chi connectivity index (χ3n) is 6.46. The minimum atomic E-state index is -1.10. The molecule has 2 aromatic rings. The van der Waals surface area contributed by atoms with Gasteiger partial charge in [0.05, 0.1) is 26.4 Å². The number of hydrogen-bond donors (Lipinski definition) is 2. The smallest absolute Gasteiger partial charge is 0.329 e. The van der Waals surface area contributed by atoms with Gasteiger partial charge in [0.25, 0.3) is 0 Å². The van der Waals surface area contributed by atoms with Gasteiger partial charge in [-0.05, 0) is 56.0 Å². The van der Waals surface area contributed by atoms with Gasteiger partial charge in [-0.1, -0.05) is 6.07 Å². The Morgan fingerprint density at radius 3 is 2.59 bits per heavy atom. The van der Waals surface area contributed by atoms with Crippen molar-refractivity contribution >= 4 is 11.7 Å². The molecule has 4 rings (SSSR count). The van der Waals surface area contributed by atoms with Gasteiger partial charge in [-0.25, -0.2) is 9.18 Å². The van der Waals surface area contributed by atoms with Crippen LogP contribution in [0, 0.1) is 12.7 Å². The normalized spacial score (nSPS) is 17.3. The number of ether oxygens (including phenoxy) is 4. The van der Waals surface area contributed by atoms with Crippen molar-refractivity contribution in [3.05, 3.63) is 41.2 Å². The van der Waals surface area contributed by atoms with E-state index in [1.54, 1.807) is 32.2 Å². The molecule has 1 aliphatic carbocycles. The molecule has 7 nitrogen and oxygen atoms in total. The molecule has 2 N–H and O–H groups in total. The molecule has 2 aromatic carbocycles. The van der Waals surface area contributed by atoms with Crippen LogP contribution in [0.5, 0.6) is 11.5 Å². The molecule has 1 heterocycles. The summed E-state index contributed by atoms with van der Waals surface area (Å²) in [7, 11) is 1.54. The van der Waals surface area contributed by atoms with Gasteiger partial charge >= 0.3 is 5.97 Å². The second kappa shape index (κ2) is 10.2. The van der Waals surface area contributed by atoms with Crippen LogP contribution in [-0.4, -0.2) is 49.6 Å². The molecule has 1 saturated heterocycles. The average molecular weight is 474 g/mol. The van der Waals surface area contributed by atoms with Crippen molar-refractivity contribution in [3.63, 3.8) is 0 Å². The highest BCUT2D eigenvalue weighted by Crippen LogP contribution is 2.41. The maximum absolute atomic E-state index is 15.6. The van der Waals surface area contributed by atoms with Crippen molar-refractivity contribution in [2.24, 2.45) is 0 Å². The summed E-state index contributed by atoms with van der Waals surface area (Å²) in [4.78, 5) is 12.1. The Morgan fingerprint density at radius 2 is 1.97 bits per heavy atom. The Labute approximate surface area is 199 Å². The number of hydrogen-bond acceptors (Lipinski definition) is 6. The summed E-state index contributed by atoms with van der Waals surface area (Å²) >= 11 is 0. The minimum Gasteiger partial charge on any atom is -0.496 e. The molecule has 2 fully saturated rings. The first-order valence-corrected chi connectivity index (χ1v) is 11.7. The van der Waals surface area contributed by atoms with E-state index in [4.69, 9.17) is 18.9 Å². The molecule has 0 aromatic heterocycles. The Kier molecular flexibility index (Phi) is 7.28. The lowest BCUT2D eigenvalue weighted by atomic mass is 9.89. The minimum absolute atomic E-state index is 0.167. The number of carbonyl (C=O) groups is 1. The van der Waals surface area contributed by atoms with E-state index < -0.39 is 17.3 Å². The zero-order valence-electron chi connectivity index (χ0n) is 19.9. The number of carboxylic acids is 1. The third-order valence-corrected chi connectivity index (χ3v) is 6.46. The number of rotatable bonds is 10. The summed E-state index contributed by atoms with van der Waals surface area (Å²) in [5.74, 6) is -0.672. The fourth-order valence-corrected chi connectivity index (χ4v) is 4.31. The van der Waals surface area contributed by atoms with Crippen LogP contribution in [0.15, 0.2) is 24.3 Å². The Morgan fingerprint density at radius 1 is 1.24 bits per heavy atom. The van der Waals surface area contributed by atoms with E-state index in [0.29, 0.717) is 60.8 Å². The van der Waals surface area contributed by atoms with Crippen molar-refractivity contribution in [3.8, 4) is 22.6 Å². The molecular weight excluding hydrogens is 441 g/mol. The van der Waals surface area contributed by atoms with E-state index in [-0.39, 0.29) is 18.5 Å². The van der Waals surface area contributed by atoms with E-state index in [1.165, 1.54) is 0 Å². The first-order valence-electron chi connectivity index (χ1n) is 11.7. The summed E-state index contributed by atoms with van der Waals surface area (Å²) < 4.78 is 38.1. The molecule has 0 atom stereocenters. The Bertz CT molecular complexity index is 1050. The average Bonchev–Trinajstić information content (AvgIpc) is 3.66. The maximum Gasteiger partial charge on any atom is 0.329 e. The van der Waals surface area contributed by atoms with Gasteiger partial charge in [-0.3, -0.25) is 0 Å². The Balaban J connectivity index is 1.75. The lowest BCUT2D eigenvalue weighted by Crippen LogP contribution is -2.50. The number of anilines is 1. The van der Waals surface area contributed by atoms with E-state index in [9.17, 15) is 9.90 Å². The maximum atomic E-state index is 15.6. The zero-order valence-corrected chi connectivity index (χ0v) is 19.9. The van der Waals surface area contributed by atoms with Crippen LogP contribution in [0.2, 0.25) is 0 Å². The van der Waals surface area contributed by atoms with Gasteiger partial charge in [0.2, 0.25) is 0 Å². The molecule has 0 radical (unpaired) electrons. The standard InChI is InChI=1S/C26H32FNO6/c1-4-33-24-16(2)22(31-3)14-21(23(24)27)20-8-5-18(13-17(20)15-34-19-6-7-19)28-26(25(29)30)9-11-32-12-10-26/h5,8,13-14,19,28H,4,6-7,9-12,15H2,1-3H3,(H,29,30). The summed E-state index contributed by atoms with van der Waals surface area (Å²) in [5, 5.41) is 13.1. The van der Waals surface area contributed by atoms with Crippen molar-refractivity contribution in [2.45, 2.75) is 57.8 Å². The predicted molar refractivity (Wildman–Crippen MR) is 126 cm³/mol. The van der Waals surface area contributed by atoms with Crippen LogP contribution in [-0.2, 0) is 20.9 Å². The number of benzene rings is 2. The van der Waals surface area contributed by atoms with Crippen LogP contribution in [0.25, 0.3) is 11.1 Å². The number of carboxylic acid groups (broad SMARTS) is 1. The summed E-state index contributed by atoms with van der Waals surface area (Å²) in [6.45, 7) is 4.94. The lowest BCUT2D eigenvalue weighted by molar-refractivity contribution is -0.145. The number of nitrogens with one attached hydrogen (secondary N) is 1. The van der Waals surface area contributed by atoms with Crippen molar-refractivity contribution in [1.29, 1.82) is 0 Å². The van der Waals surface area contributed by atoms with Crippen LogP contribution in [0.1, 0.15) is 43.7 Å². The second-order valence-electron chi connectivity index (χ2n) is 8.83. The molecule has 34 heavy (non-hydrogen) atoms. The van der Waals surface area contributed by atoms with Crippen LogP contribution in [0.3, 0.4) is 0 Å². The van der Waals surface area contributed by atoms with Crippen molar-refractivity contribution in [2.75, 3.05) is 32.2 Å². The van der Waals surface area contributed by atoms with E-state index >= 15 is 4.39 Å². The van der Waals surface area contributed by atoms with Crippen LogP contribution >= 0.6 is 0 Å².